The zero-order chi connectivity index (χ0) is 13.8. The van der Waals surface area contributed by atoms with Gasteiger partial charge in [0.2, 0.25) is 5.95 Å². The first-order valence-corrected chi connectivity index (χ1v) is 5.88. The van der Waals surface area contributed by atoms with E-state index in [1.807, 2.05) is 26.0 Å². The van der Waals surface area contributed by atoms with E-state index >= 15 is 0 Å². The summed E-state index contributed by atoms with van der Waals surface area (Å²) in [7, 11) is 0. The highest BCUT2D eigenvalue weighted by molar-refractivity contribution is 6.03. The lowest BCUT2D eigenvalue weighted by Gasteiger charge is -2.05. The van der Waals surface area contributed by atoms with Gasteiger partial charge in [0.25, 0.3) is 5.91 Å². The first kappa shape index (κ1) is 13.1. The van der Waals surface area contributed by atoms with Gasteiger partial charge in [-0.3, -0.25) is 10.1 Å². The Kier molecular flexibility index (Phi) is 3.82. The van der Waals surface area contributed by atoms with Crippen LogP contribution in [0.25, 0.3) is 0 Å². The third-order valence-corrected chi connectivity index (χ3v) is 2.77. The highest BCUT2D eigenvalue weighted by atomic mass is 16.1. The molecule has 0 aliphatic rings. The van der Waals surface area contributed by atoms with Gasteiger partial charge < -0.3 is 5.73 Å². The molecule has 0 fully saturated rings. The number of rotatable bonds is 3. The van der Waals surface area contributed by atoms with E-state index in [-0.39, 0.29) is 11.9 Å². The van der Waals surface area contributed by atoms with Gasteiger partial charge in [-0.05, 0) is 31.5 Å². The predicted octanol–water partition coefficient (Wildman–Crippen LogP) is 1.20. The van der Waals surface area contributed by atoms with E-state index in [0.717, 1.165) is 17.0 Å². The summed E-state index contributed by atoms with van der Waals surface area (Å²) in [5.41, 5.74) is 8.48. The Labute approximate surface area is 111 Å². The number of amides is 1. The Bertz CT molecular complexity index is 594. The second kappa shape index (κ2) is 5.53. The largest absolute Gasteiger partial charge is 0.326 e. The molecule has 0 saturated carbocycles. The molecule has 0 aliphatic carbocycles. The molecular weight excluding hydrogens is 242 g/mol. The molecule has 6 nitrogen and oxygen atoms in total. The minimum Gasteiger partial charge on any atom is -0.326 e. The van der Waals surface area contributed by atoms with Crippen molar-refractivity contribution in [3.63, 3.8) is 0 Å². The van der Waals surface area contributed by atoms with E-state index in [2.05, 4.69) is 20.5 Å². The molecule has 0 bridgehead atoms. The summed E-state index contributed by atoms with van der Waals surface area (Å²) in [6, 6.07) is 7.06. The minimum absolute atomic E-state index is 0.205. The van der Waals surface area contributed by atoms with Crippen LogP contribution in [0, 0.1) is 13.8 Å². The van der Waals surface area contributed by atoms with Crippen LogP contribution in [0.5, 0.6) is 0 Å². The molecule has 3 N–H and O–H groups in total. The van der Waals surface area contributed by atoms with Gasteiger partial charge in [0.1, 0.15) is 0 Å². The van der Waals surface area contributed by atoms with Crippen LogP contribution in [0.2, 0.25) is 0 Å². The number of hydrogen-bond donors (Lipinski definition) is 2. The van der Waals surface area contributed by atoms with Crippen molar-refractivity contribution in [2.24, 2.45) is 5.73 Å². The molecule has 0 spiro atoms. The molecule has 0 atom stereocenters. The lowest BCUT2D eigenvalue weighted by atomic mass is 10.1. The average Bonchev–Trinajstić information content (AvgIpc) is 2.43. The molecule has 2 aromatic rings. The first-order valence-electron chi connectivity index (χ1n) is 5.88. The number of nitrogens with one attached hydrogen (secondary N) is 1. The van der Waals surface area contributed by atoms with Crippen LogP contribution in [-0.2, 0) is 6.54 Å². The maximum absolute atomic E-state index is 12.0. The first-order chi connectivity index (χ1) is 9.10. The van der Waals surface area contributed by atoms with Gasteiger partial charge in [-0.25, -0.2) is 4.98 Å². The molecule has 19 heavy (non-hydrogen) atoms. The van der Waals surface area contributed by atoms with Gasteiger partial charge in [0.15, 0.2) is 0 Å². The molecule has 1 aromatic heterocycles. The Balaban J connectivity index is 2.13. The standard InChI is InChI=1S/C13H15N5O/c1-8-9(2)17-18-13(15-8)16-12(19)11-5-3-10(7-14)4-6-11/h3-6H,7,14H2,1-2H3,(H,15,16,18,19). The fourth-order valence-electron chi connectivity index (χ4n) is 1.48. The van der Waals surface area contributed by atoms with Crippen LogP contribution >= 0.6 is 0 Å². The molecule has 1 heterocycles. The third kappa shape index (κ3) is 3.11. The van der Waals surface area contributed by atoms with Crippen molar-refractivity contribution in [2.75, 3.05) is 5.32 Å². The van der Waals surface area contributed by atoms with Crippen LogP contribution in [0.3, 0.4) is 0 Å². The van der Waals surface area contributed by atoms with Crippen LogP contribution < -0.4 is 11.1 Å². The number of benzene rings is 1. The number of hydrogen-bond acceptors (Lipinski definition) is 5. The second-order valence-corrected chi connectivity index (χ2v) is 4.16. The van der Waals surface area contributed by atoms with E-state index in [9.17, 15) is 4.79 Å². The minimum atomic E-state index is -0.270. The monoisotopic (exact) mass is 257 g/mol. The summed E-state index contributed by atoms with van der Waals surface area (Å²) in [6.45, 7) is 4.08. The number of anilines is 1. The highest BCUT2D eigenvalue weighted by Gasteiger charge is 2.09. The van der Waals surface area contributed by atoms with Gasteiger partial charge in [-0.1, -0.05) is 12.1 Å². The maximum atomic E-state index is 12.0. The van der Waals surface area contributed by atoms with E-state index in [1.54, 1.807) is 12.1 Å². The fraction of sp³-hybridized carbons (Fsp3) is 0.231. The smallest absolute Gasteiger partial charge is 0.258 e. The zero-order valence-electron chi connectivity index (χ0n) is 10.8. The Morgan fingerprint density at radius 1 is 1.16 bits per heavy atom. The predicted molar refractivity (Wildman–Crippen MR) is 71.6 cm³/mol. The van der Waals surface area contributed by atoms with Crippen molar-refractivity contribution in [3.05, 3.63) is 46.8 Å². The Hall–Kier alpha value is -2.34. The van der Waals surface area contributed by atoms with Crippen molar-refractivity contribution >= 4 is 11.9 Å². The van der Waals surface area contributed by atoms with Crippen LogP contribution in [-0.4, -0.2) is 21.1 Å². The maximum Gasteiger partial charge on any atom is 0.258 e. The molecule has 0 unspecified atom stereocenters. The van der Waals surface area contributed by atoms with E-state index in [4.69, 9.17) is 5.73 Å². The zero-order valence-corrected chi connectivity index (χ0v) is 10.8. The number of aryl methyl sites for hydroxylation is 2. The number of nitrogens with two attached hydrogens (primary N) is 1. The summed E-state index contributed by atoms with van der Waals surface area (Å²) < 4.78 is 0. The molecular formula is C13H15N5O. The van der Waals surface area contributed by atoms with E-state index in [1.165, 1.54) is 0 Å². The number of carbonyl (C=O) groups is 1. The fourth-order valence-corrected chi connectivity index (χ4v) is 1.48. The van der Waals surface area contributed by atoms with Crippen LogP contribution in [0.15, 0.2) is 24.3 Å². The van der Waals surface area contributed by atoms with Gasteiger partial charge in [-0.2, -0.15) is 5.10 Å². The summed E-state index contributed by atoms with van der Waals surface area (Å²) >= 11 is 0. The lowest BCUT2D eigenvalue weighted by Crippen LogP contribution is -2.15. The van der Waals surface area contributed by atoms with Crippen molar-refractivity contribution in [3.8, 4) is 0 Å². The quantitative estimate of drug-likeness (QED) is 0.861. The van der Waals surface area contributed by atoms with Gasteiger partial charge >= 0.3 is 0 Å². The molecule has 2 rings (SSSR count). The molecule has 1 aromatic carbocycles. The number of carbonyl (C=O) groups excluding carboxylic acids is 1. The number of nitrogens with zero attached hydrogens (tertiary/aromatic N) is 3. The highest BCUT2D eigenvalue weighted by Crippen LogP contribution is 2.07. The van der Waals surface area contributed by atoms with Crippen LogP contribution in [0.1, 0.15) is 27.3 Å². The number of aromatic nitrogens is 3. The van der Waals surface area contributed by atoms with Gasteiger partial charge in [0.05, 0.1) is 11.4 Å². The van der Waals surface area contributed by atoms with Crippen molar-refractivity contribution < 1.29 is 4.79 Å². The topological polar surface area (TPSA) is 93.8 Å². The molecule has 6 heteroatoms. The van der Waals surface area contributed by atoms with Gasteiger partial charge in [0, 0.05) is 12.1 Å². The molecule has 1 amide bonds. The second-order valence-electron chi connectivity index (χ2n) is 4.16. The van der Waals surface area contributed by atoms with Crippen molar-refractivity contribution in [1.82, 2.24) is 15.2 Å². The molecule has 98 valence electrons. The Morgan fingerprint density at radius 3 is 2.42 bits per heavy atom. The van der Waals surface area contributed by atoms with Crippen LogP contribution in [0.4, 0.5) is 5.95 Å². The van der Waals surface area contributed by atoms with Crippen molar-refractivity contribution in [1.29, 1.82) is 0 Å². The lowest BCUT2D eigenvalue weighted by molar-refractivity contribution is 0.102. The summed E-state index contributed by atoms with van der Waals surface area (Å²) in [5, 5.41) is 10.3. The summed E-state index contributed by atoms with van der Waals surface area (Å²) in [5.74, 6) is -0.0652. The SMILES string of the molecule is Cc1nnc(NC(=O)c2ccc(CN)cc2)nc1C. The average molecular weight is 257 g/mol. The molecule has 0 radical (unpaired) electrons. The molecule has 0 saturated heterocycles. The van der Waals surface area contributed by atoms with Gasteiger partial charge in [-0.15, -0.1) is 5.10 Å². The van der Waals surface area contributed by atoms with E-state index in [0.29, 0.717) is 12.1 Å². The summed E-state index contributed by atoms with van der Waals surface area (Å²) in [4.78, 5) is 16.1. The third-order valence-electron chi connectivity index (χ3n) is 2.77. The Morgan fingerprint density at radius 2 is 1.84 bits per heavy atom. The summed E-state index contributed by atoms with van der Waals surface area (Å²) in [6.07, 6.45) is 0. The van der Waals surface area contributed by atoms with Crippen molar-refractivity contribution in [2.45, 2.75) is 20.4 Å². The molecule has 0 aliphatic heterocycles. The van der Waals surface area contributed by atoms with E-state index < -0.39 is 0 Å². The normalized spacial score (nSPS) is 10.3.